The lowest BCUT2D eigenvalue weighted by atomic mass is 10.0. The first kappa shape index (κ1) is 16.9. The minimum Gasteiger partial charge on any atom is -0.391 e. The van der Waals surface area contributed by atoms with Crippen molar-refractivity contribution in [3.05, 3.63) is 0 Å². The third kappa shape index (κ3) is 10.8. The Morgan fingerprint density at radius 2 is 1.59 bits per heavy atom. The topological polar surface area (TPSA) is 29.5 Å². The van der Waals surface area contributed by atoms with Gasteiger partial charge in [-0.15, -0.1) is 0 Å². The molecule has 0 aliphatic carbocycles. The summed E-state index contributed by atoms with van der Waals surface area (Å²) >= 11 is 0. The molecular weight excluding hydrogens is 212 g/mol. The Hall–Kier alpha value is -0.0800. The van der Waals surface area contributed by atoms with E-state index >= 15 is 0 Å². The summed E-state index contributed by atoms with van der Waals surface area (Å²) < 4.78 is 5.63. The first-order valence-electron chi connectivity index (χ1n) is 7.50. The zero-order chi connectivity index (χ0) is 12.9. The second kappa shape index (κ2) is 12.4. The summed E-state index contributed by atoms with van der Waals surface area (Å²) in [5.74, 6) is 0.679. The van der Waals surface area contributed by atoms with Gasteiger partial charge in [-0.05, 0) is 18.8 Å². The van der Waals surface area contributed by atoms with Gasteiger partial charge in [-0.1, -0.05) is 59.3 Å². The van der Waals surface area contributed by atoms with Crippen LogP contribution in [-0.4, -0.2) is 24.4 Å². The number of hydrogen-bond donors (Lipinski definition) is 1. The molecule has 2 unspecified atom stereocenters. The summed E-state index contributed by atoms with van der Waals surface area (Å²) in [4.78, 5) is 0. The Balaban J connectivity index is 3.45. The molecule has 0 bridgehead atoms. The van der Waals surface area contributed by atoms with Crippen LogP contribution in [0.25, 0.3) is 0 Å². The first-order valence-corrected chi connectivity index (χ1v) is 7.50. The molecule has 17 heavy (non-hydrogen) atoms. The first-order chi connectivity index (χ1) is 8.24. The van der Waals surface area contributed by atoms with E-state index < -0.39 is 0 Å². The van der Waals surface area contributed by atoms with Gasteiger partial charge in [0.05, 0.1) is 12.7 Å². The Morgan fingerprint density at radius 3 is 2.18 bits per heavy atom. The molecule has 0 saturated carbocycles. The van der Waals surface area contributed by atoms with Gasteiger partial charge in [-0.3, -0.25) is 0 Å². The van der Waals surface area contributed by atoms with E-state index in [2.05, 4.69) is 20.8 Å². The van der Waals surface area contributed by atoms with E-state index in [0.717, 1.165) is 19.4 Å². The number of unbranched alkanes of at least 4 members (excludes halogenated alkanes) is 3. The van der Waals surface area contributed by atoms with Crippen molar-refractivity contribution >= 4 is 0 Å². The molecule has 0 aromatic heterocycles. The van der Waals surface area contributed by atoms with Crippen LogP contribution >= 0.6 is 0 Å². The van der Waals surface area contributed by atoms with Crippen LogP contribution in [0.3, 0.4) is 0 Å². The maximum Gasteiger partial charge on any atom is 0.0773 e. The molecule has 0 radical (unpaired) electrons. The minimum absolute atomic E-state index is 0.259. The number of rotatable bonds is 12. The Morgan fingerprint density at radius 1 is 0.882 bits per heavy atom. The SMILES string of the molecule is CCCCCC(O)COCC(CC)CCCC. The van der Waals surface area contributed by atoms with E-state index in [4.69, 9.17) is 4.74 Å². The highest BCUT2D eigenvalue weighted by Gasteiger charge is 2.08. The highest BCUT2D eigenvalue weighted by Crippen LogP contribution is 2.13. The number of ether oxygens (including phenoxy) is 1. The van der Waals surface area contributed by atoms with Crippen LogP contribution in [0.4, 0.5) is 0 Å². The molecule has 104 valence electrons. The van der Waals surface area contributed by atoms with Crippen molar-refractivity contribution in [1.82, 2.24) is 0 Å². The van der Waals surface area contributed by atoms with E-state index in [-0.39, 0.29) is 6.10 Å². The second-order valence-electron chi connectivity index (χ2n) is 5.10. The molecule has 2 nitrogen and oxygen atoms in total. The zero-order valence-electron chi connectivity index (χ0n) is 12.1. The van der Waals surface area contributed by atoms with Crippen LogP contribution in [-0.2, 0) is 4.74 Å². The molecule has 0 aliphatic rings. The van der Waals surface area contributed by atoms with Crippen molar-refractivity contribution in [1.29, 1.82) is 0 Å². The predicted octanol–water partition coefficient (Wildman–Crippen LogP) is 4.16. The number of aliphatic hydroxyl groups excluding tert-OH is 1. The molecule has 0 aromatic carbocycles. The quantitative estimate of drug-likeness (QED) is 0.522. The second-order valence-corrected chi connectivity index (χ2v) is 5.10. The highest BCUT2D eigenvalue weighted by molar-refractivity contribution is 4.58. The van der Waals surface area contributed by atoms with Gasteiger partial charge >= 0.3 is 0 Å². The predicted molar refractivity (Wildman–Crippen MR) is 74.3 cm³/mol. The highest BCUT2D eigenvalue weighted by atomic mass is 16.5. The third-order valence-corrected chi connectivity index (χ3v) is 3.35. The summed E-state index contributed by atoms with van der Waals surface area (Å²) in [6.07, 6.45) is 9.17. The normalized spacial score (nSPS) is 14.8. The van der Waals surface area contributed by atoms with E-state index in [1.807, 2.05) is 0 Å². The van der Waals surface area contributed by atoms with Gasteiger partial charge in [0.15, 0.2) is 0 Å². The molecule has 0 saturated heterocycles. The maximum atomic E-state index is 9.71. The maximum absolute atomic E-state index is 9.71. The monoisotopic (exact) mass is 244 g/mol. The zero-order valence-corrected chi connectivity index (χ0v) is 12.1. The van der Waals surface area contributed by atoms with E-state index in [0.29, 0.717) is 12.5 Å². The van der Waals surface area contributed by atoms with Gasteiger partial charge in [0, 0.05) is 6.61 Å². The van der Waals surface area contributed by atoms with E-state index in [9.17, 15) is 5.11 Å². The molecule has 2 heteroatoms. The van der Waals surface area contributed by atoms with Gasteiger partial charge in [-0.25, -0.2) is 0 Å². The summed E-state index contributed by atoms with van der Waals surface area (Å²) in [5.41, 5.74) is 0. The van der Waals surface area contributed by atoms with E-state index in [1.54, 1.807) is 0 Å². The van der Waals surface area contributed by atoms with Crippen molar-refractivity contribution in [3.8, 4) is 0 Å². The molecule has 0 aromatic rings. The van der Waals surface area contributed by atoms with Crippen molar-refractivity contribution in [2.45, 2.75) is 78.2 Å². The lowest BCUT2D eigenvalue weighted by molar-refractivity contribution is 0.0145. The van der Waals surface area contributed by atoms with Crippen LogP contribution in [0.2, 0.25) is 0 Å². The van der Waals surface area contributed by atoms with Crippen LogP contribution in [0.5, 0.6) is 0 Å². The van der Waals surface area contributed by atoms with Crippen molar-refractivity contribution in [3.63, 3.8) is 0 Å². The smallest absolute Gasteiger partial charge is 0.0773 e. The summed E-state index contributed by atoms with van der Waals surface area (Å²) in [7, 11) is 0. The van der Waals surface area contributed by atoms with Gasteiger partial charge in [0.1, 0.15) is 0 Å². The van der Waals surface area contributed by atoms with Crippen LogP contribution in [0.15, 0.2) is 0 Å². The minimum atomic E-state index is -0.259. The molecular formula is C15H32O2. The standard InChI is InChI=1S/C15H32O2/c1-4-7-9-11-15(16)13-17-12-14(6-3)10-8-5-2/h14-16H,4-13H2,1-3H3. The van der Waals surface area contributed by atoms with Crippen molar-refractivity contribution < 1.29 is 9.84 Å². The molecule has 1 N–H and O–H groups in total. The van der Waals surface area contributed by atoms with Gasteiger partial charge < -0.3 is 9.84 Å². The molecule has 0 fully saturated rings. The molecule has 2 atom stereocenters. The molecule has 0 rings (SSSR count). The van der Waals surface area contributed by atoms with Crippen molar-refractivity contribution in [2.24, 2.45) is 5.92 Å². The van der Waals surface area contributed by atoms with E-state index in [1.165, 1.54) is 38.5 Å². The number of aliphatic hydroxyl groups is 1. The largest absolute Gasteiger partial charge is 0.391 e. The van der Waals surface area contributed by atoms with Crippen LogP contribution < -0.4 is 0 Å². The molecule has 0 amide bonds. The Bertz CT molecular complexity index is 148. The Labute approximate surface area is 108 Å². The summed E-state index contributed by atoms with van der Waals surface area (Å²) in [6.45, 7) is 7.97. The van der Waals surface area contributed by atoms with Gasteiger partial charge in [0.25, 0.3) is 0 Å². The van der Waals surface area contributed by atoms with Crippen molar-refractivity contribution in [2.75, 3.05) is 13.2 Å². The molecule has 0 spiro atoms. The van der Waals surface area contributed by atoms with Crippen LogP contribution in [0, 0.1) is 5.92 Å². The third-order valence-electron chi connectivity index (χ3n) is 3.35. The number of hydrogen-bond acceptors (Lipinski definition) is 2. The van der Waals surface area contributed by atoms with Crippen LogP contribution in [0.1, 0.15) is 72.1 Å². The Kier molecular flexibility index (Phi) is 12.3. The molecule has 0 heterocycles. The lowest BCUT2D eigenvalue weighted by Crippen LogP contribution is -2.18. The fourth-order valence-corrected chi connectivity index (χ4v) is 1.98. The summed E-state index contributed by atoms with van der Waals surface area (Å²) in [5, 5.41) is 9.71. The average Bonchev–Trinajstić information content (AvgIpc) is 2.34. The van der Waals surface area contributed by atoms with Gasteiger partial charge in [0.2, 0.25) is 0 Å². The summed E-state index contributed by atoms with van der Waals surface area (Å²) in [6, 6.07) is 0. The lowest BCUT2D eigenvalue weighted by Gasteiger charge is -2.16. The fraction of sp³-hybridized carbons (Fsp3) is 1.00. The van der Waals surface area contributed by atoms with Gasteiger partial charge in [-0.2, -0.15) is 0 Å². The average molecular weight is 244 g/mol. The fourth-order valence-electron chi connectivity index (χ4n) is 1.98. The molecule has 0 aliphatic heterocycles.